The van der Waals surface area contributed by atoms with Crippen molar-refractivity contribution in [3.63, 3.8) is 0 Å². The third-order valence-electron chi connectivity index (χ3n) is 2.61. The highest BCUT2D eigenvalue weighted by Crippen LogP contribution is 1.91. The lowest BCUT2D eigenvalue weighted by Crippen LogP contribution is -2.38. The van der Waals surface area contributed by atoms with E-state index in [0.29, 0.717) is 0 Å². The Labute approximate surface area is 101 Å². The summed E-state index contributed by atoms with van der Waals surface area (Å²) in [5.41, 5.74) is 11.3. The van der Waals surface area contributed by atoms with Crippen LogP contribution >= 0.6 is 0 Å². The molecule has 0 bridgehead atoms. The molecule has 1 unspecified atom stereocenters. The van der Waals surface area contributed by atoms with Gasteiger partial charge in [-0.2, -0.15) is 0 Å². The van der Waals surface area contributed by atoms with Gasteiger partial charge in [0.2, 0.25) is 0 Å². The van der Waals surface area contributed by atoms with Crippen LogP contribution in [0.25, 0.3) is 0 Å². The Balaban J connectivity index is 3.02. The highest BCUT2D eigenvalue weighted by atomic mass is 15.0. The van der Waals surface area contributed by atoms with E-state index in [1.807, 2.05) is 0 Å². The smallest absolute Gasteiger partial charge is 0.0546 e. The van der Waals surface area contributed by atoms with E-state index in [9.17, 15) is 0 Å². The normalized spacial score (nSPS) is 12.9. The van der Waals surface area contributed by atoms with E-state index in [-0.39, 0.29) is 6.17 Å². The fourth-order valence-electron chi connectivity index (χ4n) is 1.53. The van der Waals surface area contributed by atoms with E-state index in [1.165, 1.54) is 25.7 Å². The summed E-state index contributed by atoms with van der Waals surface area (Å²) in [4.78, 5) is 0. The van der Waals surface area contributed by atoms with Crippen LogP contribution in [0.4, 0.5) is 0 Å². The second-order valence-electron chi connectivity index (χ2n) is 4.30. The van der Waals surface area contributed by atoms with E-state index in [4.69, 9.17) is 11.5 Å². The van der Waals surface area contributed by atoms with Crippen LogP contribution in [-0.4, -0.2) is 32.3 Å². The van der Waals surface area contributed by atoms with Crippen molar-refractivity contribution in [3.05, 3.63) is 0 Å². The molecule has 6 N–H and O–H groups in total. The number of unbranched alkanes of at least 4 members (excludes halogenated alkanes) is 2. The predicted molar refractivity (Wildman–Crippen MR) is 71.3 cm³/mol. The molecule has 0 spiro atoms. The molecule has 0 aromatic heterocycles. The van der Waals surface area contributed by atoms with Gasteiger partial charge in [0.05, 0.1) is 6.17 Å². The molecule has 0 rings (SSSR count). The average Bonchev–Trinajstić information content (AvgIpc) is 2.30. The molecule has 0 saturated carbocycles. The van der Waals surface area contributed by atoms with E-state index < -0.39 is 0 Å². The summed E-state index contributed by atoms with van der Waals surface area (Å²) in [6.07, 6.45) is 7.07. The van der Waals surface area contributed by atoms with E-state index in [0.717, 1.165) is 39.0 Å². The third kappa shape index (κ3) is 11.9. The van der Waals surface area contributed by atoms with Gasteiger partial charge in [0, 0.05) is 0 Å². The van der Waals surface area contributed by atoms with Gasteiger partial charge in [0.25, 0.3) is 0 Å². The maximum Gasteiger partial charge on any atom is 0.0546 e. The van der Waals surface area contributed by atoms with Crippen molar-refractivity contribution in [2.75, 3.05) is 26.2 Å². The van der Waals surface area contributed by atoms with Crippen molar-refractivity contribution in [2.24, 2.45) is 11.5 Å². The number of nitrogens with two attached hydrogens (primary N) is 2. The number of rotatable bonds is 12. The van der Waals surface area contributed by atoms with Gasteiger partial charge in [-0.05, 0) is 58.3 Å². The second kappa shape index (κ2) is 12.9. The highest BCUT2D eigenvalue weighted by molar-refractivity contribution is 4.59. The minimum absolute atomic E-state index is 0.122. The fraction of sp³-hybridized carbons (Fsp3) is 1.00. The largest absolute Gasteiger partial charge is 0.330 e. The highest BCUT2D eigenvalue weighted by Gasteiger charge is 1.99. The van der Waals surface area contributed by atoms with Gasteiger partial charge in [-0.3, -0.25) is 0 Å². The second-order valence-corrected chi connectivity index (χ2v) is 4.30. The minimum atomic E-state index is 0.122. The van der Waals surface area contributed by atoms with Crippen LogP contribution in [0.3, 0.4) is 0 Å². The summed E-state index contributed by atoms with van der Waals surface area (Å²) < 4.78 is 0. The molecule has 0 aliphatic rings. The molecule has 0 aromatic rings. The Morgan fingerprint density at radius 3 is 2.38 bits per heavy atom. The number of hydrogen-bond donors (Lipinski definition) is 4. The van der Waals surface area contributed by atoms with Crippen LogP contribution < -0.4 is 22.1 Å². The first-order valence-electron chi connectivity index (χ1n) is 6.71. The van der Waals surface area contributed by atoms with E-state index in [2.05, 4.69) is 17.6 Å². The number of nitrogens with one attached hydrogen (secondary N) is 2. The summed E-state index contributed by atoms with van der Waals surface area (Å²) in [6.45, 7) is 6.24. The first kappa shape index (κ1) is 15.8. The third-order valence-corrected chi connectivity index (χ3v) is 2.61. The zero-order valence-electron chi connectivity index (χ0n) is 10.8. The summed E-state index contributed by atoms with van der Waals surface area (Å²) in [5.74, 6) is 0. The molecule has 0 heterocycles. The Morgan fingerprint density at radius 2 is 1.69 bits per heavy atom. The lowest BCUT2D eigenvalue weighted by atomic mass is 10.2. The topological polar surface area (TPSA) is 76.1 Å². The van der Waals surface area contributed by atoms with Gasteiger partial charge >= 0.3 is 0 Å². The molecule has 0 aromatic carbocycles. The van der Waals surface area contributed by atoms with Gasteiger partial charge < -0.3 is 22.1 Å². The van der Waals surface area contributed by atoms with Gasteiger partial charge in [0.15, 0.2) is 0 Å². The average molecular weight is 230 g/mol. The molecule has 0 amide bonds. The molecule has 4 nitrogen and oxygen atoms in total. The molecular formula is C12H30N4. The Morgan fingerprint density at radius 1 is 1.00 bits per heavy atom. The Kier molecular flexibility index (Phi) is 12.8. The number of hydrogen-bond acceptors (Lipinski definition) is 4. The summed E-state index contributed by atoms with van der Waals surface area (Å²) >= 11 is 0. The van der Waals surface area contributed by atoms with Crippen molar-refractivity contribution in [3.8, 4) is 0 Å². The molecule has 0 radical (unpaired) electrons. The zero-order chi connectivity index (χ0) is 12.1. The lowest BCUT2D eigenvalue weighted by molar-refractivity contribution is 0.468. The standard InChI is InChI=1S/C12H30N4/c1-2-3-9-15-10-4-5-11-16-12(14)7-6-8-13/h12,15-16H,2-11,13-14H2,1H3. The van der Waals surface area contributed by atoms with Crippen molar-refractivity contribution in [1.82, 2.24) is 10.6 Å². The van der Waals surface area contributed by atoms with Crippen LogP contribution in [0.5, 0.6) is 0 Å². The molecule has 0 fully saturated rings. The summed E-state index contributed by atoms with van der Waals surface area (Å²) in [6, 6.07) is 0. The molecule has 4 heteroatoms. The molecule has 0 aliphatic heterocycles. The predicted octanol–water partition coefficient (Wildman–Crippen LogP) is 0.770. The van der Waals surface area contributed by atoms with Crippen LogP contribution in [0, 0.1) is 0 Å². The zero-order valence-corrected chi connectivity index (χ0v) is 10.8. The molecule has 0 aliphatic carbocycles. The summed E-state index contributed by atoms with van der Waals surface area (Å²) in [7, 11) is 0. The molecule has 98 valence electrons. The SMILES string of the molecule is CCCCNCCCCNC(N)CCCN. The van der Waals surface area contributed by atoms with Crippen LogP contribution in [0.1, 0.15) is 45.4 Å². The maximum absolute atomic E-state index is 5.86. The van der Waals surface area contributed by atoms with Crippen molar-refractivity contribution in [1.29, 1.82) is 0 Å². The van der Waals surface area contributed by atoms with Crippen LogP contribution in [0.2, 0.25) is 0 Å². The minimum Gasteiger partial charge on any atom is -0.330 e. The quantitative estimate of drug-likeness (QED) is 0.295. The van der Waals surface area contributed by atoms with Gasteiger partial charge in [-0.1, -0.05) is 13.3 Å². The maximum atomic E-state index is 5.86. The van der Waals surface area contributed by atoms with E-state index in [1.54, 1.807) is 0 Å². The molecule has 16 heavy (non-hydrogen) atoms. The van der Waals surface area contributed by atoms with Crippen molar-refractivity contribution >= 4 is 0 Å². The monoisotopic (exact) mass is 230 g/mol. The van der Waals surface area contributed by atoms with Gasteiger partial charge in [-0.15, -0.1) is 0 Å². The first-order valence-corrected chi connectivity index (χ1v) is 6.71. The van der Waals surface area contributed by atoms with Crippen LogP contribution in [-0.2, 0) is 0 Å². The summed E-state index contributed by atoms with van der Waals surface area (Å²) in [5, 5.41) is 6.75. The lowest BCUT2D eigenvalue weighted by Gasteiger charge is -2.13. The van der Waals surface area contributed by atoms with E-state index >= 15 is 0 Å². The van der Waals surface area contributed by atoms with Gasteiger partial charge in [0.1, 0.15) is 0 Å². The first-order chi connectivity index (χ1) is 7.81. The molecule has 0 saturated heterocycles. The van der Waals surface area contributed by atoms with Crippen LogP contribution in [0.15, 0.2) is 0 Å². The Hall–Kier alpha value is -0.160. The van der Waals surface area contributed by atoms with Gasteiger partial charge in [-0.25, -0.2) is 0 Å². The molecular weight excluding hydrogens is 200 g/mol. The molecule has 1 atom stereocenters. The van der Waals surface area contributed by atoms with Crippen molar-refractivity contribution < 1.29 is 0 Å². The fourth-order valence-corrected chi connectivity index (χ4v) is 1.53. The Bertz CT molecular complexity index is 130. The van der Waals surface area contributed by atoms with Crippen molar-refractivity contribution in [2.45, 2.75) is 51.6 Å².